The molecule has 0 unspecified atom stereocenters. The Hall–Kier alpha value is -2.23. The molecule has 2 heterocycles. The summed E-state index contributed by atoms with van der Waals surface area (Å²) < 4.78 is 17.2. The van der Waals surface area contributed by atoms with Crippen LogP contribution in [0, 0.1) is 0 Å². The van der Waals surface area contributed by atoms with Crippen molar-refractivity contribution in [1.29, 1.82) is 0 Å². The maximum Gasteiger partial charge on any atom is 0.337 e. The summed E-state index contributed by atoms with van der Waals surface area (Å²) in [5, 5.41) is 11.8. The Kier molecular flexibility index (Phi) is 5.64. The van der Waals surface area contributed by atoms with Crippen molar-refractivity contribution >= 4 is 33.5 Å². The Morgan fingerprint density at radius 3 is 2.85 bits per heavy atom. The largest absolute Gasteiger partial charge is 0.478 e. The highest BCUT2D eigenvalue weighted by Crippen LogP contribution is 2.25. The number of halogens is 1. The molecule has 9 heteroatoms. The van der Waals surface area contributed by atoms with Crippen molar-refractivity contribution in [2.24, 2.45) is 0 Å². The predicted octanol–water partition coefficient (Wildman–Crippen LogP) is 3.47. The summed E-state index contributed by atoms with van der Waals surface area (Å²) in [6, 6.07) is 4.56. The Labute approximate surface area is 164 Å². The first kappa shape index (κ1) is 19.5. The number of carbonyl (C=O) groups is 2. The number of carboxylic acids is 1. The van der Waals surface area contributed by atoms with Crippen LogP contribution in [-0.4, -0.2) is 40.5 Å². The van der Waals surface area contributed by atoms with E-state index < -0.39 is 17.7 Å². The highest BCUT2D eigenvalue weighted by molar-refractivity contribution is 9.10. The van der Waals surface area contributed by atoms with E-state index in [2.05, 4.69) is 26.2 Å². The molecule has 1 saturated heterocycles. The van der Waals surface area contributed by atoms with Crippen LogP contribution in [0.4, 0.5) is 5.69 Å². The molecular weight excluding hydrogens is 420 g/mol. The van der Waals surface area contributed by atoms with Crippen LogP contribution < -0.4 is 5.32 Å². The average Bonchev–Trinajstić information content (AvgIpc) is 3.20. The van der Waals surface area contributed by atoms with Gasteiger partial charge in [0.05, 0.1) is 24.0 Å². The van der Waals surface area contributed by atoms with Gasteiger partial charge >= 0.3 is 5.97 Å². The molecule has 0 bridgehead atoms. The molecule has 0 aliphatic carbocycles. The smallest absolute Gasteiger partial charge is 0.337 e. The van der Waals surface area contributed by atoms with Gasteiger partial charge in [-0.25, -0.2) is 9.78 Å². The van der Waals surface area contributed by atoms with Crippen molar-refractivity contribution in [1.82, 2.24) is 4.98 Å². The number of aryl methyl sites for hydroxylation is 1. The fourth-order valence-electron chi connectivity index (χ4n) is 2.71. The number of nitrogens with zero attached hydrogens (tertiary/aromatic N) is 1. The molecular formula is C18H19BrN2O6. The molecule has 2 N–H and O–H groups in total. The van der Waals surface area contributed by atoms with Crippen LogP contribution in [-0.2, 0) is 15.9 Å². The number of benzene rings is 1. The summed E-state index contributed by atoms with van der Waals surface area (Å²) in [6.07, 6.45) is 2.35. The van der Waals surface area contributed by atoms with Crippen LogP contribution >= 0.6 is 15.9 Å². The summed E-state index contributed by atoms with van der Waals surface area (Å²) in [4.78, 5) is 27.8. The molecule has 0 saturated carbocycles. The lowest BCUT2D eigenvalue weighted by Crippen LogP contribution is -2.21. The van der Waals surface area contributed by atoms with Gasteiger partial charge in [0.1, 0.15) is 6.26 Å². The summed E-state index contributed by atoms with van der Waals surface area (Å²) in [5.74, 6) is -1.87. The van der Waals surface area contributed by atoms with Crippen molar-refractivity contribution in [3.8, 4) is 0 Å². The van der Waals surface area contributed by atoms with Crippen LogP contribution in [0.15, 0.2) is 33.4 Å². The fraction of sp³-hybridized carbons (Fsp3) is 0.389. The summed E-state index contributed by atoms with van der Waals surface area (Å²) in [6.45, 7) is 4.21. The zero-order chi connectivity index (χ0) is 19.6. The van der Waals surface area contributed by atoms with Gasteiger partial charge in [0.2, 0.25) is 0 Å². The van der Waals surface area contributed by atoms with Crippen molar-refractivity contribution in [2.45, 2.75) is 38.6 Å². The number of carbonyl (C=O) groups excluding carboxylic acids is 1. The molecule has 1 aromatic heterocycles. The van der Waals surface area contributed by atoms with Crippen LogP contribution in [0.25, 0.3) is 0 Å². The molecule has 2 aromatic rings. The second-order valence-electron chi connectivity index (χ2n) is 6.57. The molecule has 27 heavy (non-hydrogen) atoms. The number of nitrogens with one attached hydrogen (secondary N) is 1. The minimum atomic E-state index is -1.14. The number of hydrogen-bond acceptors (Lipinski definition) is 6. The van der Waals surface area contributed by atoms with Crippen molar-refractivity contribution in [3.63, 3.8) is 0 Å². The number of aromatic nitrogens is 1. The normalized spacial score (nSPS) is 18.4. The van der Waals surface area contributed by atoms with Crippen molar-refractivity contribution < 1.29 is 28.6 Å². The van der Waals surface area contributed by atoms with Gasteiger partial charge in [0.25, 0.3) is 5.91 Å². The lowest BCUT2D eigenvalue weighted by Gasteiger charge is -2.16. The maximum absolute atomic E-state index is 12.3. The molecule has 0 spiro atoms. The van der Waals surface area contributed by atoms with Gasteiger partial charge in [0, 0.05) is 10.9 Å². The lowest BCUT2D eigenvalue weighted by atomic mass is 10.2. The number of carboxylic acid groups (broad SMARTS) is 1. The molecule has 1 aliphatic heterocycles. The third-order valence-corrected chi connectivity index (χ3v) is 4.49. The Morgan fingerprint density at radius 2 is 2.19 bits per heavy atom. The van der Waals surface area contributed by atoms with Gasteiger partial charge in [-0.3, -0.25) is 4.79 Å². The third kappa shape index (κ3) is 4.94. The second-order valence-corrected chi connectivity index (χ2v) is 7.48. The summed E-state index contributed by atoms with van der Waals surface area (Å²) in [5.41, 5.74) is 0.231. The van der Waals surface area contributed by atoms with Crippen LogP contribution in [0.2, 0.25) is 0 Å². The molecule has 1 aliphatic rings. The molecule has 1 aromatic carbocycles. The van der Waals surface area contributed by atoms with E-state index in [-0.39, 0.29) is 23.0 Å². The monoisotopic (exact) mass is 438 g/mol. The topological polar surface area (TPSA) is 111 Å². The molecule has 3 rings (SSSR count). The van der Waals surface area contributed by atoms with Gasteiger partial charge in [-0.2, -0.15) is 0 Å². The van der Waals surface area contributed by atoms with Crippen LogP contribution in [0.1, 0.15) is 47.0 Å². The Balaban J connectivity index is 1.61. The molecule has 8 nitrogen and oxygen atoms in total. The molecule has 144 valence electrons. The zero-order valence-electron chi connectivity index (χ0n) is 14.8. The third-order valence-electron chi connectivity index (χ3n) is 3.99. The molecule has 1 fully saturated rings. The van der Waals surface area contributed by atoms with Crippen LogP contribution in [0.5, 0.6) is 0 Å². The van der Waals surface area contributed by atoms with Gasteiger partial charge in [0.15, 0.2) is 17.4 Å². The lowest BCUT2D eigenvalue weighted by molar-refractivity contribution is -0.138. The van der Waals surface area contributed by atoms with E-state index in [1.165, 1.54) is 18.4 Å². The predicted molar refractivity (Wildman–Crippen MR) is 98.8 cm³/mol. The minimum Gasteiger partial charge on any atom is -0.478 e. The van der Waals surface area contributed by atoms with E-state index in [0.717, 1.165) is 0 Å². The van der Waals surface area contributed by atoms with E-state index in [1.54, 1.807) is 6.07 Å². The van der Waals surface area contributed by atoms with Gasteiger partial charge in [-0.15, -0.1) is 0 Å². The molecule has 1 amide bonds. The average molecular weight is 439 g/mol. The number of hydrogen-bond donors (Lipinski definition) is 2. The van der Waals surface area contributed by atoms with Gasteiger partial charge < -0.3 is 24.3 Å². The first-order valence-corrected chi connectivity index (χ1v) is 9.13. The van der Waals surface area contributed by atoms with Crippen molar-refractivity contribution in [3.05, 3.63) is 46.1 Å². The quantitative estimate of drug-likeness (QED) is 0.709. The number of oxazole rings is 1. The zero-order valence-corrected chi connectivity index (χ0v) is 16.4. The first-order chi connectivity index (χ1) is 12.7. The second kappa shape index (κ2) is 7.79. The number of ether oxygens (including phenoxy) is 2. The SMILES string of the molecule is CC1(C)OC[C@H](CCc2nc(C(=O)Nc3ccc(Br)cc3C(=O)O)co2)O1. The van der Waals surface area contributed by atoms with E-state index in [4.69, 9.17) is 13.9 Å². The van der Waals surface area contributed by atoms with E-state index in [0.29, 0.717) is 29.8 Å². The number of aromatic carboxylic acids is 1. The number of anilines is 1. The first-order valence-electron chi connectivity index (χ1n) is 8.34. The Bertz CT molecular complexity index is 863. The number of amides is 1. The van der Waals surface area contributed by atoms with E-state index >= 15 is 0 Å². The summed E-state index contributed by atoms with van der Waals surface area (Å²) in [7, 11) is 0. The Morgan fingerprint density at radius 1 is 1.41 bits per heavy atom. The molecule has 0 radical (unpaired) electrons. The number of rotatable bonds is 6. The fourth-order valence-corrected chi connectivity index (χ4v) is 3.07. The van der Waals surface area contributed by atoms with Crippen molar-refractivity contribution in [2.75, 3.05) is 11.9 Å². The maximum atomic E-state index is 12.3. The molecule has 1 atom stereocenters. The van der Waals surface area contributed by atoms with Gasteiger partial charge in [-0.05, 0) is 38.5 Å². The van der Waals surface area contributed by atoms with Crippen LogP contribution in [0.3, 0.4) is 0 Å². The standard InChI is InChI=1S/C18H19BrN2O6/c1-18(2)26-8-11(27-18)4-6-15-20-14(9-25-15)16(22)21-13-5-3-10(19)7-12(13)17(23)24/h3,5,7,9,11H,4,6,8H2,1-2H3,(H,21,22)(H,23,24)/t11-/m0/s1. The highest BCUT2D eigenvalue weighted by Gasteiger charge is 2.32. The highest BCUT2D eigenvalue weighted by atomic mass is 79.9. The minimum absolute atomic E-state index is 0.0255. The van der Waals surface area contributed by atoms with E-state index in [1.807, 2.05) is 13.8 Å². The summed E-state index contributed by atoms with van der Waals surface area (Å²) >= 11 is 3.21. The van der Waals surface area contributed by atoms with E-state index in [9.17, 15) is 14.7 Å². The van der Waals surface area contributed by atoms with Gasteiger partial charge in [-0.1, -0.05) is 15.9 Å².